The molecule has 4 aromatic rings. The first-order valence-electron chi connectivity index (χ1n) is 14.5. The van der Waals surface area contributed by atoms with Crippen LogP contribution < -0.4 is 5.32 Å². The molecule has 4 aliphatic rings. The summed E-state index contributed by atoms with van der Waals surface area (Å²) < 4.78 is 0. The Morgan fingerprint density at radius 1 is 0.405 bits per heavy atom. The second kappa shape index (κ2) is 8.09. The summed E-state index contributed by atoms with van der Waals surface area (Å²) in [5.41, 5.74) is 14.9. The van der Waals surface area contributed by atoms with Crippen molar-refractivity contribution in [3.05, 3.63) is 107 Å². The van der Waals surface area contributed by atoms with E-state index in [1.54, 1.807) is 22.3 Å². The highest BCUT2D eigenvalue weighted by atomic mass is 14.9. The fourth-order valence-corrected chi connectivity index (χ4v) is 8.62. The molecule has 1 heteroatoms. The van der Waals surface area contributed by atoms with Crippen LogP contribution in [0.15, 0.2) is 84.9 Å². The van der Waals surface area contributed by atoms with Crippen molar-refractivity contribution >= 4 is 11.4 Å². The number of hydrogen-bond acceptors (Lipinski definition) is 1. The zero-order chi connectivity index (χ0) is 24.5. The third kappa shape index (κ3) is 3.03. The normalized spacial score (nSPS) is 19.8. The third-order valence-corrected chi connectivity index (χ3v) is 10.2. The number of anilines is 2. The minimum Gasteiger partial charge on any atom is -0.356 e. The Balaban J connectivity index is 1.20. The molecule has 8 rings (SSSR count). The fraction of sp³-hybridized carbons (Fsp3) is 0.333. The van der Waals surface area contributed by atoms with Crippen LogP contribution in [0, 0.1) is 0 Å². The molecule has 0 aliphatic heterocycles. The first-order chi connectivity index (χ1) is 18.3. The van der Waals surface area contributed by atoms with Crippen molar-refractivity contribution in [1.82, 2.24) is 0 Å². The van der Waals surface area contributed by atoms with Crippen molar-refractivity contribution in [3.63, 3.8) is 0 Å². The van der Waals surface area contributed by atoms with Gasteiger partial charge in [0.15, 0.2) is 0 Å². The van der Waals surface area contributed by atoms with E-state index in [9.17, 15) is 0 Å². The Morgan fingerprint density at radius 2 is 0.811 bits per heavy atom. The van der Waals surface area contributed by atoms with Gasteiger partial charge in [0, 0.05) is 22.2 Å². The number of rotatable bonds is 2. The highest BCUT2D eigenvalue weighted by Gasteiger charge is 2.45. The summed E-state index contributed by atoms with van der Waals surface area (Å²) in [6, 6.07) is 32.7. The molecule has 184 valence electrons. The van der Waals surface area contributed by atoms with Crippen molar-refractivity contribution in [2.75, 3.05) is 5.32 Å². The Hall–Kier alpha value is -3.32. The van der Waals surface area contributed by atoms with E-state index in [4.69, 9.17) is 0 Å². The fourth-order valence-electron chi connectivity index (χ4n) is 8.62. The van der Waals surface area contributed by atoms with Crippen LogP contribution in [-0.2, 0) is 10.8 Å². The van der Waals surface area contributed by atoms with Gasteiger partial charge in [-0.15, -0.1) is 0 Å². The zero-order valence-corrected chi connectivity index (χ0v) is 21.7. The molecule has 2 spiro atoms. The first kappa shape index (κ1) is 21.7. The van der Waals surface area contributed by atoms with Gasteiger partial charge in [0.2, 0.25) is 0 Å². The lowest BCUT2D eigenvalue weighted by Crippen LogP contribution is -2.28. The molecule has 4 aliphatic carbocycles. The Kier molecular flexibility index (Phi) is 4.75. The minimum atomic E-state index is 0.202. The van der Waals surface area contributed by atoms with E-state index in [1.165, 1.54) is 97.8 Å². The predicted octanol–water partition coefficient (Wildman–Crippen LogP) is 9.89. The van der Waals surface area contributed by atoms with Gasteiger partial charge in [0.25, 0.3) is 0 Å². The molecule has 0 heterocycles. The highest BCUT2D eigenvalue weighted by Crippen LogP contribution is 2.57. The van der Waals surface area contributed by atoms with Crippen LogP contribution in [0.25, 0.3) is 22.3 Å². The number of hydrogen-bond donors (Lipinski definition) is 1. The molecule has 0 radical (unpaired) electrons. The second-order valence-corrected chi connectivity index (χ2v) is 12.0. The van der Waals surface area contributed by atoms with E-state index in [2.05, 4.69) is 90.2 Å². The van der Waals surface area contributed by atoms with Crippen LogP contribution in [0.5, 0.6) is 0 Å². The van der Waals surface area contributed by atoms with Crippen LogP contribution in [0.4, 0.5) is 11.4 Å². The SMILES string of the molecule is c1ccc2c(c1)-c1ccc(Nc3ccc4c(c3)C3(CCCCC3)c3ccccc3-4)cc1C21CCCCC1. The summed E-state index contributed by atoms with van der Waals surface area (Å²) in [5, 5.41) is 3.86. The van der Waals surface area contributed by atoms with Gasteiger partial charge in [-0.1, -0.05) is 99.2 Å². The van der Waals surface area contributed by atoms with Gasteiger partial charge < -0.3 is 5.32 Å². The van der Waals surface area contributed by atoms with E-state index in [1.807, 2.05) is 0 Å². The van der Waals surface area contributed by atoms with E-state index in [-0.39, 0.29) is 10.8 Å². The summed E-state index contributed by atoms with van der Waals surface area (Å²) in [6.07, 6.45) is 13.2. The predicted molar refractivity (Wildman–Crippen MR) is 155 cm³/mol. The minimum absolute atomic E-state index is 0.202. The molecule has 2 saturated carbocycles. The van der Waals surface area contributed by atoms with Crippen molar-refractivity contribution < 1.29 is 0 Å². The molecule has 0 saturated heterocycles. The highest BCUT2D eigenvalue weighted by molar-refractivity contribution is 5.85. The average Bonchev–Trinajstić information content (AvgIpc) is 3.37. The molecule has 37 heavy (non-hydrogen) atoms. The largest absolute Gasteiger partial charge is 0.356 e. The molecule has 0 amide bonds. The summed E-state index contributed by atoms with van der Waals surface area (Å²) in [4.78, 5) is 0. The van der Waals surface area contributed by atoms with Gasteiger partial charge in [-0.05, 0) is 94.5 Å². The van der Waals surface area contributed by atoms with Gasteiger partial charge in [-0.3, -0.25) is 0 Å². The van der Waals surface area contributed by atoms with Crippen molar-refractivity contribution in [3.8, 4) is 22.3 Å². The first-order valence-corrected chi connectivity index (χ1v) is 14.5. The molecule has 0 atom stereocenters. The smallest absolute Gasteiger partial charge is 0.0387 e. The number of nitrogens with one attached hydrogen (secondary N) is 1. The summed E-state index contributed by atoms with van der Waals surface area (Å²) in [5.74, 6) is 0. The van der Waals surface area contributed by atoms with Gasteiger partial charge in [0.05, 0.1) is 0 Å². The zero-order valence-electron chi connectivity index (χ0n) is 21.7. The van der Waals surface area contributed by atoms with Crippen LogP contribution >= 0.6 is 0 Å². The van der Waals surface area contributed by atoms with E-state index < -0.39 is 0 Å². The molecule has 0 aromatic heterocycles. The Labute approximate surface area is 221 Å². The lowest BCUT2D eigenvalue weighted by atomic mass is 9.67. The van der Waals surface area contributed by atoms with Crippen LogP contribution in [-0.4, -0.2) is 0 Å². The maximum Gasteiger partial charge on any atom is 0.0387 e. The molecular formula is C36H35N. The molecule has 1 N–H and O–H groups in total. The molecule has 0 unspecified atom stereocenters. The standard InChI is InChI=1S/C36H35N/c1-7-19-35(20-8-1)31-13-5-3-11-27(31)29-17-15-25(23-33(29)35)37-26-16-18-30-28-12-4-6-14-32(28)36(34(30)24-26)21-9-2-10-22-36/h3-6,11-18,23-24,37H,1-2,7-10,19-22H2. The molecular weight excluding hydrogens is 446 g/mol. The van der Waals surface area contributed by atoms with Crippen LogP contribution in [0.2, 0.25) is 0 Å². The van der Waals surface area contributed by atoms with E-state index >= 15 is 0 Å². The average molecular weight is 482 g/mol. The maximum absolute atomic E-state index is 3.86. The Bertz CT molecular complexity index is 1400. The summed E-state index contributed by atoms with van der Waals surface area (Å²) >= 11 is 0. The van der Waals surface area contributed by atoms with E-state index in [0.717, 1.165) is 0 Å². The van der Waals surface area contributed by atoms with Gasteiger partial charge >= 0.3 is 0 Å². The quantitative estimate of drug-likeness (QED) is 0.300. The summed E-state index contributed by atoms with van der Waals surface area (Å²) in [7, 11) is 0. The van der Waals surface area contributed by atoms with Crippen LogP contribution in [0.3, 0.4) is 0 Å². The lowest BCUT2D eigenvalue weighted by Gasteiger charge is -2.36. The van der Waals surface area contributed by atoms with Crippen LogP contribution in [0.1, 0.15) is 86.5 Å². The number of fused-ring (bicyclic) bond motifs is 10. The van der Waals surface area contributed by atoms with Crippen molar-refractivity contribution in [2.24, 2.45) is 0 Å². The molecule has 4 aromatic carbocycles. The molecule has 1 nitrogen and oxygen atoms in total. The molecule has 0 bridgehead atoms. The maximum atomic E-state index is 3.86. The number of benzene rings is 4. The molecule has 2 fully saturated rings. The van der Waals surface area contributed by atoms with Gasteiger partial charge in [-0.2, -0.15) is 0 Å². The van der Waals surface area contributed by atoms with Crippen molar-refractivity contribution in [1.29, 1.82) is 0 Å². The topological polar surface area (TPSA) is 12.0 Å². The van der Waals surface area contributed by atoms with Gasteiger partial charge in [-0.25, -0.2) is 0 Å². The third-order valence-electron chi connectivity index (χ3n) is 10.2. The van der Waals surface area contributed by atoms with E-state index in [0.29, 0.717) is 0 Å². The monoisotopic (exact) mass is 481 g/mol. The second-order valence-electron chi connectivity index (χ2n) is 12.0. The van der Waals surface area contributed by atoms with Crippen molar-refractivity contribution in [2.45, 2.75) is 75.0 Å². The Morgan fingerprint density at radius 3 is 1.27 bits per heavy atom. The van der Waals surface area contributed by atoms with Gasteiger partial charge in [0.1, 0.15) is 0 Å². The summed E-state index contributed by atoms with van der Waals surface area (Å²) in [6.45, 7) is 0. The lowest BCUT2D eigenvalue weighted by molar-refractivity contribution is 0.353.